The van der Waals surface area contributed by atoms with Gasteiger partial charge in [-0.1, -0.05) is 23.7 Å². The molecule has 0 amide bonds. The van der Waals surface area contributed by atoms with Gasteiger partial charge in [0, 0.05) is 35.1 Å². The minimum absolute atomic E-state index is 0.276. The van der Waals surface area contributed by atoms with Crippen molar-refractivity contribution < 1.29 is 5.76 Å². The molecule has 0 spiro atoms. The number of nitriles is 1. The average Bonchev–Trinajstić information content (AvgIpc) is 3.58. The lowest BCUT2D eigenvalue weighted by Crippen LogP contribution is -2.40. The topological polar surface area (TPSA) is 100 Å². The number of hydrogen-bond acceptors (Lipinski definition) is 8. The van der Waals surface area contributed by atoms with E-state index in [1.54, 1.807) is 24.3 Å². The Bertz CT molecular complexity index is 1410. The van der Waals surface area contributed by atoms with Crippen LogP contribution in [0.2, 0.25) is 5.02 Å². The molecule has 186 valence electrons. The summed E-state index contributed by atoms with van der Waals surface area (Å²) >= 11 is 6.65. The highest BCUT2D eigenvalue weighted by atomic mass is 35.5. The molecule has 10 heteroatoms. The van der Waals surface area contributed by atoms with Gasteiger partial charge >= 0.3 is 0 Å². The highest BCUT2D eigenvalue weighted by molar-refractivity contribution is 6.35. The minimum Gasteiger partial charge on any atom is -0.373 e. The Morgan fingerprint density at radius 3 is 2.69 bits per heavy atom. The molecule has 3 aromatic rings. The van der Waals surface area contributed by atoms with Crippen LogP contribution in [0.25, 0.3) is 10.9 Å². The zero-order valence-corrected chi connectivity index (χ0v) is 21.0. The van der Waals surface area contributed by atoms with E-state index in [-0.39, 0.29) is 11.4 Å². The van der Waals surface area contributed by atoms with Crippen molar-refractivity contribution in [2.24, 2.45) is 0 Å². The standard InChI is InChI=1S/C26H28ClFN8/c1-26(2,3)34-33-23-16(12-29)13-30-25-20(23)10-18(11-21(25)27)31-24(15-4-6-17(28)7-5-15)22-14-36(35-32-22)19-8-9-19/h4-7,10-11,13-14,19,24,31-32,34-35H,8-9H2,1-3H3,(H,30,33)/i24D. The van der Waals surface area contributed by atoms with E-state index in [1.807, 2.05) is 32.0 Å². The molecule has 1 aromatic heterocycles. The highest BCUT2D eigenvalue weighted by Crippen LogP contribution is 2.36. The Balaban J connectivity index is 1.60. The molecule has 0 saturated heterocycles. The predicted octanol–water partition coefficient (Wildman–Crippen LogP) is 5.10. The zero-order valence-electron chi connectivity index (χ0n) is 21.2. The summed E-state index contributed by atoms with van der Waals surface area (Å²) in [6, 6.07) is 10.3. The summed E-state index contributed by atoms with van der Waals surface area (Å²) in [5, 5.41) is 15.9. The predicted molar refractivity (Wildman–Crippen MR) is 140 cm³/mol. The zero-order chi connectivity index (χ0) is 26.4. The Kier molecular flexibility index (Phi) is 6.01. The number of anilines is 2. The van der Waals surface area contributed by atoms with E-state index in [0.717, 1.165) is 12.8 Å². The fraction of sp³-hybridized carbons (Fsp3) is 0.308. The lowest BCUT2D eigenvalue weighted by Gasteiger charge is -2.24. The number of halogens is 2. The van der Waals surface area contributed by atoms with E-state index in [4.69, 9.17) is 11.6 Å². The molecule has 0 bridgehead atoms. The van der Waals surface area contributed by atoms with Gasteiger partial charge in [-0.15, -0.1) is 5.53 Å². The van der Waals surface area contributed by atoms with Gasteiger partial charge in [-0.25, -0.2) is 9.82 Å². The number of rotatable bonds is 7. The molecule has 2 aliphatic rings. The third-order valence-corrected chi connectivity index (χ3v) is 6.10. The van der Waals surface area contributed by atoms with Crippen LogP contribution in [-0.4, -0.2) is 21.6 Å². The molecule has 2 heterocycles. The van der Waals surface area contributed by atoms with Crippen LogP contribution in [0, 0.1) is 17.1 Å². The number of fused-ring (bicyclic) bond motifs is 1. The van der Waals surface area contributed by atoms with Crippen LogP contribution in [0.3, 0.4) is 0 Å². The van der Waals surface area contributed by atoms with Gasteiger partial charge < -0.3 is 16.2 Å². The number of nitrogens with zero attached hydrogens (tertiary/aromatic N) is 3. The molecule has 1 unspecified atom stereocenters. The molecule has 36 heavy (non-hydrogen) atoms. The van der Waals surface area contributed by atoms with E-state index >= 15 is 0 Å². The van der Waals surface area contributed by atoms with Crippen molar-refractivity contribution in [3.63, 3.8) is 0 Å². The lowest BCUT2D eigenvalue weighted by molar-refractivity contribution is 0.260. The van der Waals surface area contributed by atoms with Gasteiger partial charge in [0.2, 0.25) is 0 Å². The monoisotopic (exact) mass is 507 g/mol. The normalized spacial score (nSPS) is 17.6. The minimum atomic E-state index is -1.52. The van der Waals surface area contributed by atoms with Crippen LogP contribution in [-0.2, 0) is 0 Å². The number of aromatic nitrogens is 1. The van der Waals surface area contributed by atoms with Crippen molar-refractivity contribution in [3.05, 3.63) is 76.5 Å². The number of hydrogen-bond donors (Lipinski definition) is 5. The highest BCUT2D eigenvalue weighted by Gasteiger charge is 2.32. The first-order valence-electron chi connectivity index (χ1n) is 12.2. The van der Waals surface area contributed by atoms with E-state index in [2.05, 4.69) is 38.2 Å². The fourth-order valence-electron chi connectivity index (χ4n) is 3.86. The first-order valence-corrected chi connectivity index (χ1v) is 12.1. The first-order chi connectivity index (χ1) is 17.6. The van der Waals surface area contributed by atoms with Gasteiger partial charge in [-0.05, 0) is 63.4 Å². The summed E-state index contributed by atoms with van der Waals surface area (Å²) in [5.74, 6) is -0.386. The number of hydrazine groups is 3. The van der Waals surface area contributed by atoms with Crippen molar-refractivity contribution in [3.8, 4) is 6.07 Å². The molecule has 2 aromatic carbocycles. The van der Waals surface area contributed by atoms with Crippen molar-refractivity contribution >= 4 is 33.9 Å². The third kappa shape index (κ3) is 5.16. The summed E-state index contributed by atoms with van der Waals surface area (Å²) in [5.41, 5.74) is 15.3. The smallest absolute Gasteiger partial charge is 0.123 e. The Morgan fingerprint density at radius 1 is 1.28 bits per heavy atom. The Morgan fingerprint density at radius 2 is 2.03 bits per heavy atom. The molecule has 0 radical (unpaired) electrons. The number of benzene rings is 2. The SMILES string of the molecule is [2H]C(Nc1cc(Cl)c2ncc(C#N)c(NNC(C)(C)C)c2c1)(C1=CN(C2CC2)NN1)c1ccc(F)cc1. The summed E-state index contributed by atoms with van der Waals surface area (Å²) in [6.07, 6.45) is 5.48. The largest absolute Gasteiger partial charge is 0.373 e. The van der Waals surface area contributed by atoms with Crippen LogP contribution in [0.15, 0.2) is 54.5 Å². The van der Waals surface area contributed by atoms with Gasteiger partial charge in [-0.2, -0.15) is 5.26 Å². The molecule has 5 rings (SSSR count). The maximum Gasteiger partial charge on any atom is 0.123 e. The van der Waals surface area contributed by atoms with Gasteiger partial charge in [-0.3, -0.25) is 9.99 Å². The van der Waals surface area contributed by atoms with Gasteiger partial charge in [0.25, 0.3) is 0 Å². The summed E-state index contributed by atoms with van der Waals surface area (Å²) in [6.45, 7) is 5.98. The van der Waals surface area contributed by atoms with Gasteiger partial charge in [0.15, 0.2) is 0 Å². The maximum absolute atomic E-state index is 13.8. The van der Waals surface area contributed by atoms with Crippen LogP contribution >= 0.6 is 11.6 Å². The molecular weight excluding hydrogens is 479 g/mol. The molecule has 5 N–H and O–H groups in total. The second-order valence-electron chi connectivity index (χ2n) is 9.94. The van der Waals surface area contributed by atoms with Crippen LogP contribution < -0.4 is 27.1 Å². The molecule has 1 atom stereocenters. The molecule has 8 nitrogen and oxygen atoms in total. The van der Waals surface area contributed by atoms with Crippen molar-refractivity contribution in [1.82, 2.24) is 26.4 Å². The molecule has 1 saturated carbocycles. The fourth-order valence-corrected chi connectivity index (χ4v) is 4.13. The van der Waals surface area contributed by atoms with E-state index in [1.165, 1.54) is 18.3 Å². The van der Waals surface area contributed by atoms with Gasteiger partial charge in [0.05, 0.1) is 34.9 Å². The van der Waals surface area contributed by atoms with Crippen molar-refractivity contribution in [1.29, 1.82) is 5.26 Å². The van der Waals surface area contributed by atoms with Crippen molar-refractivity contribution in [2.75, 3.05) is 10.7 Å². The van der Waals surface area contributed by atoms with E-state index in [0.29, 0.717) is 50.2 Å². The van der Waals surface area contributed by atoms with E-state index in [9.17, 15) is 11.0 Å². The van der Waals surface area contributed by atoms with Crippen LogP contribution in [0.4, 0.5) is 15.8 Å². The number of nitrogens with one attached hydrogen (secondary N) is 5. The number of pyridine rings is 1. The molecule has 1 aliphatic heterocycles. The Labute approximate surface area is 215 Å². The first kappa shape index (κ1) is 22.9. The summed E-state index contributed by atoms with van der Waals surface area (Å²) in [7, 11) is 0. The van der Waals surface area contributed by atoms with E-state index < -0.39 is 6.02 Å². The van der Waals surface area contributed by atoms with Gasteiger partial charge in [0.1, 0.15) is 11.9 Å². The average molecular weight is 508 g/mol. The second-order valence-corrected chi connectivity index (χ2v) is 10.3. The summed E-state index contributed by atoms with van der Waals surface area (Å²) in [4.78, 5) is 4.40. The maximum atomic E-state index is 13.8. The molecule has 1 aliphatic carbocycles. The molecule has 1 fully saturated rings. The van der Waals surface area contributed by atoms with Crippen molar-refractivity contribution in [2.45, 2.75) is 51.2 Å². The Hall–Kier alpha value is -3.58. The lowest BCUT2D eigenvalue weighted by atomic mass is 10.0. The molecular formula is C26H28ClFN8. The second kappa shape index (κ2) is 9.47. The van der Waals surface area contributed by atoms with Crippen LogP contribution in [0.1, 0.15) is 52.1 Å². The quantitative estimate of drug-likeness (QED) is 0.282. The third-order valence-electron chi connectivity index (χ3n) is 5.81. The summed E-state index contributed by atoms with van der Waals surface area (Å²) < 4.78 is 23.3. The van der Waals surface area contributed by atoms with Crippen LogP contribution in [0.5, 0.6) is 0 Å².